The van der Waals surface area contributed by atoms with E-state index in [-0.39, 0.29) is 12.0 Å². The summed E-state index contributed by atoms with van der Waals surface area (Å²) in [5.74, 6) is 0. The number of hydrogen-bond donors (Lipinski definition) is 2. The Balaban J connectivity index is 0. The highest BCUT2D eigenvalue weighted by Gasteiger charge is 2.18. The van der Waals surface area contributed by atoms with Crippen molar-refractivity contribution in [3.63, 3.8) is 0 Å². The number of rotatable bonds is 2. The fourth-order valence-corrected chi connectivity index (χ4v) is 0.495. The summed E-state index contributed by atoms with van der Waals surface area (Å²) < 4.78 is -1.46. The van der Waals surface area contributed by atoms with Gasteiger partial charge in [-0.25, -0.2) is 0 Å². The molecule has 1 atom stereocenters. The molecule has 0 aromatic heterocycles. The van der Waals surface area contributed by atoms with Gasteiger partial charge in [0, 0.05) is 6.54 Å². The van der Waals surface area contributed by atoms with Gasteiger partial charge in [0.15, 0.2) is 0 Å². The van der Waals surface area contributed by atoms with E-state index in [0.717, 1.165) is 0 Å². The third-order valence-electron chi connectivity index (χ3n) is 0.598. The summed E-state index contributed by atoms with van der Waals surface area (Å²) in [5.41, 5.74) is 0. The first-order chi connectivity index (χ1) is 3.92. The SMILES string of the molecule is CC(O)CNC(Cl)(Cl)Cl.O. The zero-order valence-electron chi connectivity index (χ0n) is 5.37. The van der Waals surface area contributed by atoms with Crippen LogP contribution in [0.5, 0.6) is 0 Å². The predicted octanol–water partition coefficient (Wildman–Crippen LogP) is 0.460. The largest absolute Gasteiger partial charge is 0.412 e. The Morgan fingerprint density at radius 1 is 1.50 bits per heavy atom. The second-order valence-corrected chi connectivity index (χ2v) is 4.01. The van der Waals surface area contributed by atoms with E-state index in [1.807, 2.05) is 0 Å². The van der Waals surface area contributed by atoms with Crippen molar-refractivity contribution in [2.75, 3.05) is 6.54 Å². The van der Waals surface area contributed by atoms with Crippen LogP contribution in [-0.4, -0.2) is 27.1 Å². The molecule has 0 fully saturated rings. The second-order valence-electron chi connectivity index (χ2n) is 1.73. The number of halogens is 3. The number of aliphatic hydroxyl groups excluding tert-OH is 1. The molecule has 0 aromatic carbocycles. The van der Waals surface area contributed by atoms with Crippen molar-refractivity contribution in [2.45, 2.75) is 16.9 Å². The van der Waals surface area contributed by atoms with Crippen LogP contribution in [0.3, 0.4) is 0 Å². The van der Waals surface area contributed by atoms with Gasteiger partial charge in [-0.05, 0) is 6.92 Å². The third kappa shape index (κ3) is 11.5. The Hall–Kier alpha value is 0.750. The molecule has 64 valence electrons. The average molecular weight is 210 g/mol. The fraction of sp³-hybridized carbons (Fsp3) is 1.00. The highest BCUT2D eigenvalue weighted by molar-refractivity contribution is 6.67. The fourth-order valence-electron chi connectivity index (χ4n) is 0.263. The molecule has 1 unspecified atom stereocenters. The lowest BCUT2D eigenvalue weighted by atomic mass is 10.4. The molecule has 0 aliphatic heterocycles. The van der Waals surface area contributed by atoms with Gasteiger partial charge in [0.05, 0.1) is 6.10 Å². The Kier molecular flexibility index (Phi) is 7.22. The zero-order chi connectivity index (χ0) is 7.49. The average Bonchev–Trinajstić information content (AvgIpc) is 1.59. The van der Waals surface area contributed by atoms with Gasteiger partial charge in [0.2, 0.25) is 3.92 Å². The van der Waals surface area contributed by atoms with Crippen molar-refractivity contribution in [1.29, 1.82) is 0 Å². The van der Waals surface area contributed by atoms with Gasteiger partial charge in [-0.2, -0.15) is 0 Å². The highest BCUT2D eigenvalue weighted by Crippen LogP contribution is 2.21. The smallest absolute Gasteiger partial charge is 0.245 e. The molecule has 0 spiro atoms. The van der Waals surface area contributed by atoms with Crippen LogP contribution in [0.25, 0.3) is 0 Å². The molecule has 6 heteroatoms. The van der Waals surface area contributed by atoms with Crippen molar-refractivity contribution in [3.05, 3.63) is 0 Å². The van der Waals surface area contributed by atoms with E-state index in [1.54, 1.807) is 6.92 Å². The van der Waals surface area contributed by atoms with Crippen LogP contribution in [0, 0.1) is 0 Å². The maximum Gasteiger partial charge on any atom is 0.245 e. The van der Waals surface area contributed by atoms with Crippen LogP contribution in [0.2, 0.25) is 0 Å². The normalized spacial score (nSPS) is 14.1. The highest BCUT2D eigenvalue weighted by atomic mass is 35.6. The van der Waals surface area contributed by atoms with Gasteiger partial charge >= 0.3 is 0 Å². The van der Waals surface area contributed by atoms with Gasteiger partial charge < -0.3 is 10.6 Å². The Labute approximate surface area is 74.6 Å². The number of alkyl halides is 3. The summed E-state index contributed by atoms with van der Waals surface area (Å²) in [6.45, 7) is 1.87. The van der Waals surface area contributed by atoms with Crippen molar-refractivity contribution >= 4 is 34.8 Å². The maximum absolute atomic E-state index is 8.68. The summed E-state index contributed by atoms with van der Waals surface area (Å²) in [7, 11) is 0. The molecular formula is C4H10Cl3NO2. The van der Waals surface area contributed by atoms with E-state index in [1.165, 1.54) is 0 Å². The summed E-state index contributed by atoms with van der Waals surface area (Å²) in [6, 6.07) is 0. The lowest BCUT2D eigenvalue weighted by Crippen LogP contribution is -2.34. The lowest BCUT2D eigenvalue weighted by Gasteiger charge is -2.13. The van der Waals surface area contributed by atoms with Gasteiger partial charge in [0.25, 0.3) is 0 Å². The van der Waals surface area contributed by atoms with Crippen LogP contribution >= 0.6 is 34.8 Å². The minimum Gasteiger partial charge on any atom is -0.412 e. The summed E-state index contributed by atoms with van der Waals surface area (Å²) in [5, 5.41) is 11.1. The minimum atomic E-state index is -1.46. The first-order valence-electron chi connectivity index (χ1n) is 2.41. The van der Waals surface area contributed by atoms with Gasteiger partial charge in [-0.15, -0.1) is 0 Å². The topological polar surface area (TPSA) is 63.8 Å². The van der Waals surface area contributed by atoms with E-state index < -0.39 is 10.0 Å². The van der Waals surface area contributed by atoms with Crippen LogP contribution in [0.4, 0.5) is 0 Å². The molecule has 0 rings (SSSR count). The molecule has 10 heavy (non-hydrogen) atoms. The standard InChI is InChI=1S/C4H8Cl3NO.H2O/c1-3(9)2-8-4(5,6)7;/h3,8-9H,2H2,1H3;1H2. The van der Waals surface area contributed by atoms with Crippen molar-refractivity contribution in [3.8, 4) is 0 Å². The monoisotopic (exact) mass is 209 g/mol. The van der Waals surface area contributed by atoms with Crippen molar-refractivity contribution in [2.24, 2.45) is 0 Å². The molecular weight excluding hydrogens is 200 g/mol. The molecule has 0 aromatic rings. The third-order valence-corrected chi connectivity index (χ3v) is 0.999. The molecule has 0 radical (unpaired) electrons. The van der Waals surface area contributed by atoms with E-state index >= 15 is 0 Å². The van der Waals surface area contributed by atoms with Crippen molar-refractivity contribution in [1.82, 2.24) is 5.32 Å². The molecule has 0 aliphatic rings. The van der Waals surface area contributed by atoms with E-state index in [2.05, 4.69) is 5.32 Å². The summed E-state index contributed by atoms with van der Waals surface area (Å²) in [4.78, 5) is 0. The second kappa shape index (κ2) is 5.41. The lowest BCUT2D eigenvalue weighted by molar-refractivity contribution is 0.191. The molecule has 3 nitrogen and oxygen atoms in total. The first-order valence-corrected chi connectivity index (χ1v) is 3.55. The van der Waals surface area contributed by atoms with Crippen LogP contribution in [-0.2, 0) is 0 Å². The molecule has 0 heterocycles. The Morgan fingerprint density at radius 2 is 1.90 bits per heavy atom. The Bertz CT molecular complexity index is 83.1. The summed E-state index contributed by atoms with van der Waals surface area (Å²) >= 11 is 15.9. The molecule has 0 amide bonds. The van der Waals surface area contributed by atoms with Crippen LogP contribution in [0.15, 0.2) is 0 Å². The van der Waals surface area contributed by atoms with Gasteiger partial charge in [0.1, 0.15) is 0 Å². The first kappa shape index (κ1) is 13.3. The minimum absolute atomic E-state index is 0. The number of nitrogens with one attached hydrogen (secondary N) is 1. The van der Waals surface area contributed by atoms with Gasteiger partial charge in [-0.1, -0.05) is 34.8 Å². The van der Waals surface area contributed by atoms with Crippen LogP contribution in [0.1, 0.15) is 6.92 Å². The van der Waals surface area contributed by atoms with E-state index in [9.17, 15) is 0 Å². The van der Waals surface area contributed by atoms with E-state index in [0.29, 0.717) is 0 Å². The zero-order valence-corrected chi connectivity index (χ0v) is 7.63. The van der Waals surface area contributed by atoms with Gasteiger partial charge in [-0.3, -0.25) is 5.32 Å². The quantitative estimate of drug-likeness (QED) is 0.514. The number of hydrogen-bond acceptors (Lipinski definition) is 2. The van der Waals surface area contributed by atoms with Crippen LogP contribution < -0.4 is 5.32 Å². The molecule has 0 aliphatic carbocycles. The number of aliphatic hydroxyl groups is 1. The maximum atomic E-state index is 8.68. The molecule has 0 saturated carbocycles. The molecule has 4 N–H and O–H groups in total. The predicted molar refractivity (Wildman–Crippen MR) is 43.6 cm³/mol. The molecule has 0 bridgehead atoms. The summed E-state index contributed by atoms with van der Waals surface area (Å²) in [6.07, 6.45) is -0.499. The van der Waals surface area contributed by atoms with Crippen molar-refractivity contribution < 1.29 is 10.6 Å². The molecule has 0 saturated heterocycles. The Morgan fingerprint density at radius 3 is 2.00 bits per heavy atom. The van der Waals surface area contributed by atoms with E-state index in [4.69, 9.17) is 39.9 Å².